The second kappa shape index (κ2) is 5.02. The smallest absolute Gasteiger partial charge is 0.127 e. The van der Waals surface area contributed by atoms with E-state index in [1.807, 2.05) is 43.3 Å². The molecular weight excluding hydrogens is 210 g/mol. The van der Waals surface area contributed by atoms with Crippen LogP contribution in [0.3, 0.4) is 0 Å². The molecule has 0 aliphatic heterocycles. The standard InChI is InChI=1S/C15H17NO/c1-11-4-3-5-14(8-11)17-15-7-6-13(10-16)12(2)9-15/h3-9H,10,16H2,1-2H3. The lowest BCUT2D eigenvalue weighted by atomic mass is 10.1. The molecule has 0 amide bonds. The molecule has 0 aromatic heterocycles. The van der Waals surface area contributed by atoms with Crippen LogP contribution in [-0.2, 0) is 6.54 Å². The second-order valence-electron chi connectivity index (χ2n) is 4.21. The van der Waals surface area contributed by atoms with Crippen LogP contribution in [0.15, 0.2) is 42.5 Å². The fourth-order valence-corrected chi connectivity index (χ4v) is 1.78. The molecule has 0 spiro atoms. The van der Waals surface area contributed by atoms with Gasteiger partial charge in [0.05, 0.1) is 0 Å². The van der Waals surface area contributed by atoms with Gasteiger partial charge in [0.2, 0.25) is 0 Å². The monoisotopic (exact) mass is 227 g/mol. The Bertz CT molecular complexity index is 520. The molecule has 2 aromatic carbocycles. The topological polar surface area (TPSA) is 35.2 Å². The van der Waals surface area contributed by atoms with Gasteiger partial charge in [0, 0.05) is 6.54 Å². The minimum absolute atomic E-state index is 0.566. The predicted molar refractivity (Wildman–Crippen MR) is 70.3 cm³/mol. The van der Waals surface area contributed by atoms with Crippen LogP contribution in [0.5, 0.6) is 11.5 Å². The minimum atomic E-state index is 0.566. The first-order chi connectivity index (χ1) is 8.19. The van der Waals surface area contributed by atoms with Gasteiger partial charge in [-0.1, -0.05) is 18.2 Å². The molecule has 2 nitrogen and oxygen atoms in total. The summed E-state index contributed by atoms with van der Waals surface area (Å²) < 4.78 is 5.80. The van der Waals surface area contributed by atoms with Crippen LogP contribution in [0.25, 0.3) is 0 Å². The van der Waals surface area contributed by atoms with Gasteiger partial charge in [-0.2, -0.15) is 0 Å². The summed E-state index contributed by atoms with van der Waals surface area (Å²) >= 11 is 0. The number of ether oxygens (including phenoxy) is 1. The Labute approximate surface area is 102 Å². The summed E-state index contributed by atoms with van der Waals surface area (Å²) in [6, 6.07) is 14.0. The highest BCUT2D eigenvalue weighted by atomic mass is 16.5. The summed E-state index contributed by atoms with van der Waals surface area (Å²) in [4.78, 5) is 0. The molecule has 0 saturated carbocycles. The first-order valence-corrected chi connectivity index (χ1v) is 5.73. The molecule has 0 aliphatic carbocycles. The molecule has 0 fully saturated rings. The quantitative estimate of drug-likeness (QED) is 0.870. The summed E-state index contributed by atoms with van der Waals surface area (Å²) in [6.07, 6.45) is 0. The lowest BCUT2D eigenvalue weighted by Gasteiger charge is -2.09. The summed E-state index contributed by atoms with van der Waals surface area (Å²) in [5, 5.41) is 0. The van der Waals surface area contributed by atoms with Gasteiger partial charge in [-0.05, 0) is 54.8 Å². The molecule has 0 unspecified atom stereocenters. The predicted octanol–water partition coefficient (Wildman–Crippen LogP) is 3.55. The van der Waals surface area contributed by atoms with Gasteiger partial charge in [-0.3, -0.25) is 0 Å². The number of nitrogens with two attached hydrogens (primary N) is 1. The number of hydrogen-bond acceptors (Lipinski definition) is 2. The maximum absolute atomic E-state index is 5.80. The van der Waals surface area contributed by atoms with E-state index in [9.17, 15) is 0 Å². The third-order valence-corrected chi connectivity index (χ3v) is 2.76. The zero-order chi connectivity index (χ0) is 12.3. The van der Waals surface area contributed by atoms with Crippen LogP contribution in [-0.4, -0.2) is 0 Å². The second-order valence-corrected chi connectivity index (χ2v) is 4.21. The molecule has 0 bridgehead atoms. The van der Waals surface area contributed by atoms with Crippen molar-refractivity contribution in [2.75, 3.05) is 0 Å². The van der Waals surface area contributed by atoms with Crippen molar-refractivity contribution in [3.63, 3.8) is 0 Å². The van der Waals surface area contributed by atoms with E-state index < -0.39 is 0 Å². The van der Waals surface area contributed by atoms with E-state index in [2.05, 4.69) is 13.0 Å². The Morgan fingerprint density at radius 2 is 1.76 bits per heavy atom. The fourth-order valence-electron chi connectivity index (χ4n) is 1.78. The molecular formula is C15H17NO. The van der Waals surface area contributed by atoms with E-state index in [0.29, 0.717) is 6.54 Å². The van der Waals surface area contributed by atoms with E-state index >= 15 is 0 Å². The van der Waals surface area contributed by atoms with Gasteiger partial charge in [0.25, 0.3) is 0 Å². The van der Waals surface area contributed by atoms with Crippen molar-refractivity contribution in [3.05, 3.63) is 59.2 Å². The average molecular weight is 227 g/mol. The first-order valence-electron chi connectivity index (χ1n) is 5.73. The summed E-state index contributed by atoms with van der Waals surface area (Å²) in [5.41, 5.74) is 9.14. The van der Waals surface area contributed by atoms with Gasteiger partial charge >= 0.3 is 0 Å². The van der Waals surface area contributed by atoms with Crippen molar-refractivity contribution in [1.29, 1.82) is 0 Å². The van der Waals surface area contributed by atoms with E-state index in [0.717, 1.165) is 22.6 Å². The van der Waals surface area contributed by atoms with Crippen molar-refractivity contribution >= 4 is 0 Å². The molecule has 88 valence electrons. The number of rotatable bonds is 3. The first kappa shape index (κ1) is 11.7. The minimum Gasteiger partial charge on any atom is -0.457 e. The lowest BCUT2D eigenvalue weighted by molar-refractivity contribution is 0.481. The fraction of sp³-hybridized carbons (Fsp3) is 0.200. The van der Waals surface area contributed by atoms with Crippen molar-refractivity contribution in [3.8, 4) is 11.5 Å². The normalized spacial score (nSPS) is 10.3. The summed E-state index contributed by atoms with van der Waals surface area (Å²) in [7, 11) is 0. The van der Waals surface area contributed by atoms with Gasteiger partial charge in [-0.15, -0.1) is 0 Å². The highest BCUT2D eigenvalue weighted by molar-refractivity contribution is 5.38. The molecule has 2 heteroatoms. The molecule has 0 atom stereocenters. The highest BCUT2D eigenvalue weighted by Crippen LogP contribution is 2.24. The van der Waals surface area contributed by atoms with Crippen LogP contribution in [0.2, 0.25) is 0 Å². The molecule has 17 heavy (non-hydrogen) atoms. The molecule has 2 aromatic rings. The molecule has 0 saturated heterocycles. The van der Waals surface area contributed by atoms with E-state index in [-0.39, 0.29) is 0 Å². The molecule has 0 radical (unpaired) electrons. The Morgan fingerprint density at radius 3 is 2.41 bits per heavy atom. The van der Waals surface area contributed by atoms with Crippen molar-refractivity contribution < 1.29 is 4.74 Å². The van der Waals surface area contributed by atoms with E-state index in [4.69, 9.17) is 10.5 Å². The zero-order valence-electron chi connectivity index (χ0n) is 10.2. The Morgan fingerprint density at radius 1 is 1.00 bits per heavy atom. The van der Waals surface area contributed by atoms with Gasteiger partial charge < -0.3 is 10.5 Å². The molecule has 2 N–H and O–H groups in total. The average Bonchev–Trinajstić information content (AvgIpc) is 2.29. The van der Waals surface area contributed by atoms with Crippen molar-refractivity contribution in [2.24, 2.45) is 5.73 Å². The van der Waals surface area contributed by atoms with Crippen LogP contribution in [0.1, 0.15) is 16.7 Å². The van der Waals surface area contributed by atoms with Crippen molar-refractivity contribution in [2.45, 2.75) is 20.4 Å². The van der Waals surface area contributed by atoms with Crippen LogP contribution >= 0.6 is 0 Å². The number of benzene rings is 2. The zero-order valence-corrected chi connectivity index (χ0v) is 10.2. The van der Waals surface area contributed by atoms with Gasteiger partial charge in [-0.25, -0.2) is 0 Å². The third-order valence-electron chi connectivity index (χ3n) is 2.76. The lowest BCUT2D eigenvalue weighted by Crippen LogP contribution is -1.98. The number of aryl methyl sites for hydroxylation is 2. The van der Waals surface area contributed by atoms with Gasteiger partial charge in [0.1, 0.15) is 11.5 Å². The Balaban J connectivity index is 2.22. The van der Waals surface area contributed by atoms with Crippen LogP contribution < -0.4 is 10.5 Å². The summed E-state index contributed by atoms with van der Waals surface area (Å²) in [6.45, 7) is 4.66. The van der Waals surface area contributed by atoms with Crippen LogP contribution in [0.4, 0.5) is 0 Å². The Hall–Kier alpha value is -1.80. The molecule has 0 aliphatic rings. The van der Waals surface area contributed by atoms with Crippen LogP contribution in [0, 0.1) is 13.8 Å². The molecule has 0 heterocycles. The Kier molecular flexibility index (Phi) is 3.45. The third kappa shape index (κ3) is 2.86. The van der Waals surface area contributed by atoms with Crippen molar-refractivity contribution in [1.82, 2.24) is 0 Å². The summed E-state index contributed by atoms with van der Waals surface area (Å²) in [5.74, 6) is 1.72. The van der Waals surface area contributed by atoms with E-state index in [1.165, 1.54) is 5.56 Å². The molecule has 2 rings (SSSR count). The van der Waals surface area contributed by atoms with Gasteiger partial charge in [0.15, 0.2) is 0 Å². The maximum atomic E-state index is 5.80. The SMILES string of the molecule is Cc1cccc(Oc2ccc(CN)c(C)c2)c1. The van der Waals surface area contributed by atoms with E-state index in [1.54, 1.807) is 0 Å². The number of hydrogen-bond donors (Lipinski definition) is 1. The maximum Gasteiger partial charge on any atom is 0.127 e. The largest absolute Gasteiger partial charge is 0.457 e. The highest BCUT2D eigenvalue weighted by Gasteiger charge is 2.01.